The largest absolute Gasteiger partial charge is 0.478 e. The van der Waals surface area contributed by atoms with Crippen molar-refractivity contribution in [2.45, 2.75) is 26.0 Å². The van der Waals surface area contributed by atoms with Gasteiger partial charge in [-0.05, 0) is 55.8 Å². The Labute approximate surface area is 151 Å². The summed E-state index contributed by atoms with van der Waals surface area (Å²) in [5, 5.41) is 5.90. The summed E-state index contributed by atoms with van der Waals surface area (Å²) >= 11 is 5.84. The molecule has 0 bridgehead atoms. The third-order valence-electron chi connectivity index (χ3n) is 3.41. The predicted molar refractivity (Wildman–Crippen MR) is 97.7 cm³/mol. The fraction of sp³-hybridized carbons (Fsp3) is 0.222. The number of urea groups is 1. The van der Waals surface area contributed by atoms with Crippen LogP contribution in [-0.4, -0.2) is 17.5 Å². The van der Waals surface area contributed by atoms with Crippen molar-refractivity contribution in [3.63, 3.8) is 0 Å². The number of anilines is 1. The molecule has 2 aromatic rings. The Hall–Kier alpha value is -2.73. The number of rotatable bonds is 6. The molecule has 0 aliphatic rings. The number of carbonyl (C=O) groups excluding carboxylic acids is 2. The number of primary amides is 1. The fourth-order valence-electron chi connectivity index (χ4n) is 2.09. The van der Waals surface area contributed by atoms with Crippen molar-refractivity contribution in [1.82, 2.24) is 5.32 Å². The Morgan fingerprint density at radius 1 is 1.08 bits per heavy atom. The van der Waals surface area contributed by atoms with Gasteiger partial charge in [0.15, 0.2) is 5.60 Å². The zero-order valence-electron chi connectivity index (χ0n) is 14.0. The third kappa shape index (κ3) is 5.69. The topological polar surface area (TPSA) is 93.4 Å². The average molecular weight is 362 g/mol. The van der Waals surface area contributed by atoms with E-state index in [1.807, 2.05) is 0 Å². The molecule has 0 aliphatic carbocycles. The van der Waals surface area contributed by atoms with Gasteiger partial charge in [-0.25, -0.2) is 4.79 Å². The Kier molecular flexibility index (Phi) is 5.88. The van der Waals surface area contributed by atoms with Crippen LogP contribution in [0.5, 0.6) is 5.75 Å². The van der Waals surface area contributed by atoms with E-state index < -0.39 is 11.6 Å². The molecule has 0 radical (unpaired) electrons. The number of amides is 3. The summed E-state index contributed by atoms with van der Waals surface area (Å²) in [4.78, 5) is 23.2. The molecule has 6 nitrogen and oxygen atoms in total. The standard InChI is InChI=1S/C18H20ClN3O3/c1-18(2,25-15-9-5-13(19)6-10-15)16(23)21-11-12-3-7-14(8-4-12)22-17(20)24/h3-10H,11H2,1-2H3,(H,21,23)(H3,20,22,24). The van der Waals surface area contributed by atoms with Gasteiger partial charge >= 0.3 is 6.03 Å². The number of hydrogen-bond donors (Lipinski definition) is 3. The van der Waals surface area contributed by atoms with Crippen molar-refractivity contribution >= 4 is 29.2 Å². The van der Waals surface area contributed by atoms with Gasteiger partial charge in [-0.15, -0.1) is 0 Å². The van der Waals surface area contributed by atoms with E-state index in [4.69, 9.17) is 22.1 Å². The highest BCUT2D eigenvalue weighted by atomic mass is 35.5. The van der Waals surface area contributed by atoms with Crippen molar-refractivity contribution in [1.29, 1.82) is 0 Å². The third-order valence-corrected chi connectivity index (χ3v) is 3.66. The van der Waals surface area contributed by atoms with Crippen LogP contribution < -0.4 is 21.1 Å². The second-order valence-corrected chi connectivity index (χ2v) is 6.37. The van der Waals surface area contributed by atoms with E-state index in [1.165, 1.54) is 0 Å². The van der Waals surface area contributed by atoms with Gasteiger partial charge in [-0.3, -0.25) is 4.79 Å². The maximum Gasteiger partial charge on any atom is 0.316 e. The van der Waals surface area contributed by atoms with Crippen molar-refractivity contribution in [2.24, 2.45) is 5.73 Å². The van der Waals surface area contributed by atoms with Crippen LogP contribution in [0.25, 0.3) is 0 Å². The summed E-state index contributed by atoms with van der Waals surface area (Å²) in [5.41, 5.74) is 5.48. The summed E-state index contributed by atoms with van der Waals surface area (Å²) < 4.78 is 5.74. The fourth-order valence-corrected chi connectivity index (χ4v) is 2.21. The Bertz CT molecular complexity index is 743. The van der Waals surface area contributed by atoms with E-state index >= 15 is 0 Å². The van der Waals surface area contributed by atoms with E-state index in [9.17, 15) is 9.59 Å². The molecule has 132 valence electrons. The highest BCUT2D eigenvalue weighted by molar-refractivity contribution is 6.30. The molecule has 0 unspecified atom stereocenters. The molecule has 4 N–H and O–H groups in total. The minimum Gasteiger partial charge on any atom is -0.478 e. The first kappa shape index (κ1) is 18.6. The van der Waals surface area contributed by atoms with Crippen molar-refractivity contribution < 1.29 is 14.3 Å². The van der Waals surface area contributed by atoms with Crippen molar-refractivity contribution in [2.75, 3.05) is 5.32 Å². The normalized spacial score (nSPS) is 10.8. The maximum atomic E-state index is 12.4. The smallest absolute Gasteiger partial charge is 0.316 e. The lowest BCUT2D eigenvalue weighted by atomic mass is 10.1. The lowest BCUT2D eigenvalue weighted by molar-refractivity contribution is -0.134. The monoisotopic (exact) mass is 361 g/mol. The molecule has 0 fully saturated rings. The molecule has 2 aromatic carbocycles. The van der Waals surface area contributed by atoms with Crippen LogP contribution >= 0.6 is 11.6 Å². The van der Waals surface area contributed by atoms with E-state index in [0.29, 0.717) is 23.0 Å². The number of carbonyl (C=O) groups is 2. The van der Waals surface area contributed by atoms with Crippen LogP contribution in [0.4, 0.5) is 10.5 Å². The predicted octanol–water partition coefficient (Wildman–Crippen LogP) is 3.30. The van der Waals surface area contributed by atoms with Gasteiger partial charge < -0.3 is 21.1 Å². The second kappa shape index (κ2) is 7.90. The Morgan fingerprint density at radius 3 is 2.24 bits per heavy atom. The summed E-state index contributed by atoms with van der Waals surface area (Å²) in [6.07, 6.45) is 0. The van der Waals surface area contributed by atoms with Gasteiger partial charge in [0.2, 0.25) is 0 Å². The number of nitrogens with one attached hydrogen (secondary N) is 2. The summed E-state index contributed by atoms with van der Waals surface area (Å²) in [6.45, 7) is 3.72. The van der Waals surface area contributed by atoms with Crippen LogP contribution in [-0.2, 0) is 11.3 Å². The molecule has 3 amide bonds. The molecule has 25 heavy (non-hydrogen) atoms. The zero-order valence-corrected chi connectivity index (χ0v) is 14.8. The van der Waals surface area contributed by atoms with Gasteiger partial charge in [0.05, 0.1) is 0 Å². The highest BCUT2D eigenvalue weighted by Gasteiger charge is 2.29. The van der Waals surface area contributed by atoms with Gasteiger partial charge in [0.1, 0.15) is 5.75 Å². The minimum absolute atomic E-state index is 0.248. The first-order chi connectivity index (χ1) is 11.8. The Balaban J connectivity index is 1.91. The summed E-state index contributed by atoms with van der Waals surface area (Å²) in [6, 6.07) is 13.2. The zero-order chi connectivity index (χ0) is 18.4. The molecule has 0 aromatic heterocycles. The average Bonchev–Trinajstić information content (AvgIpc) is 2.55. The van der Waals surface area contributed by atoms with Gasteiger partial charge in [-0.1, -0.05) is 23.7 Å². The SMILES string of the molecule is CC(C)(Oc1ccc(Cl)cc1)C(=O)NCc1ccc(NC(N)=O)cc1. The van der Waals surface area contributed by atoms with Crippen molar-refractivity contribution in [3.05, 3.63) is 59.1 Å². The van der Waals surface area contributed by atoms with Gasteiger partial charge in [-0.2, -0.15) is 0 Å². The van der Waals surface area contributed by atoms with Crippen molar-refractivity contribution in [3.8, 4) is 5.75 Å². The molecule has 7 heteroatoms. The van der Waals surface area contributed by atoms with E-state index in [1.54, 1.807) is 62.4 Å². The lowest BCUT2D eigenvalue weighted by Crippen LogP contribution is -2.46. The molecular formula is C18H20ClN3O3. The van der Waals surface area contributed by atoms with E-state index in [-0.39, 0.29) is 5.91 Å². The van der Waals surface area contributed by atoms with Crippen LogP contribution in [0.3, 0.4) is 0 Å². The first-order valence-electron chi connectivity index (χ1n) is 7.64. The molecule has 0 aliphatic heterocycles. The number of halogens is 1. The number of nitrogens with two attached hydrogens (primary N) is 1. The molecule has 0 spiro atoms. The van der Waals surface area contributed by atoms with Gasteiger partial charge in [0, 0.05) is 17.3 Å². The van der Waals surface area contributed by atoms with Gasteiger partial charge in [0.25, 0.3) is 5.91 Å². The van der Waals surface area contributed by atoms with Crippen LogP contribution in [0, 0.1) is 0 Å². The van der Waals surface area contributed by atoms with E-state index in [0.717, 1.165) is 5.56 Å². The quantitative estimate of drug-likeness (QED) is 0.736. The van der Waals surface area contributed by atoms with Crippen LogP contribution in [0.2, 0.25) is 5.02 Å². The minimum atomic E-state index is -1.04. The molecule has 0 heterocycles. The molecule has 0 saturated carbocycles. The first-order valence-corrected chi connectivity index (χ1v) is 8.02. The number of ether oxygens (including phenoxy) is 1. The van der Waals surface area contributed by atoms with Crippen LogP contribution in [0.15, 0.2) is 48.5 Å². The molecule has 0 atom stereocenters. The maximum absolute atomic E-state index is 12.4. The molecular weight excluding hydrogens is 342 g/mol. The number of benzene rings is 2. The highest BCUT2D eigenvalue weighted by Crippen LogP contribution is 2.21. The summed E-state index contributed by atoms with van der Waals surface area (Å²) in [7, 11) is 0. The molecule has 2 rings (SSSR count). The Morgan fingerprint density at radius 2 is 1.68 bits per heavy atom. The lowest BCUT2D eigenvalue weighted by Gasteiger charge is -2.25. The summed E-state index contributed by atoms with van der Waals surface area (Å²) in [5.74, 6) is 0.313. The molecule has 0 saturated heterocycles. The van der Waals surface area contributed by atoms with Crippen LogP contribution in [0.1, 0.15) is 19.4 Å². The van der Waals surface area contributed by atoms with E-state index in [2.05, 4.69) is 10.6 Å². The number of hydrogen-bond acceptors (Lipinski definition) is 3. The second-order valence-electron chi connectivity index (χ2n) is 5.94.